The molecule has 2 rings (SSSR count). The molecule has 19 heavy (non-hydrogen) atoms. The third-order valence-corrected chi connectivity index (χ3v) is 3.29. The lowest BCUT2D eigenvalue weighted by Crippen LogP contribution is -2.36. The zero-order valence-electron chi connectivity index (χ0n) is 11.4. The molecule has 1 atom stereocenters. The van der Waals surface area contributed by atoms with Crippen LogP contribution in [0.3, 0.4) is 0 Å². The molecule has 4 nitrogen and oxygen atoms in total. The lowest BCUT2D eigenvalue weighted by Gasteiger charge is -2.21. The van der Waals surface area contributed by atoms with Gasteiger partial charge >= 0.3 is 0 Å². The van der Waals surface area contributed by atoms with E-state index in [-0.39, 0.29) is 11.7 Å². The minimum Gasteiger partial charge on any atom is -0.481 e. The highest BCUT2D eigenvalue weighted by molar-refractivity contribution is 5.99. The lowest BCUT2D eigenvalue weighted by molar-refractivity contribution is -0.127. The predicted molar refractivity (Wildman–Crippen MR) is 72.5 cm³/mol. The van der Waals surface area contributed by atoms with E-state index in [0.29, 0.717) is 18.7 Å². The number of benzene rings is 1. The van der Waals surface area contributed by atoms with Crippen molar-refractivity contribution in [1.82, 2.24) is 5.32 Å². The number of rotatable bonds is 4. The van der Waals surface area contributed by atoms with Gasteiger partial charge < -0.3 is 10.1 Å². The average molecular weight is 261 g/mol. The number of hydrogen-bond donors (Lipinski definition) is 1. The van der Waals surface area contributed by atoms with Gasteiger partial charge in [0.2, 0.25) is 0 Å². The lowest BCUT2D eigenvalue weighted by atomic mass is 9.90. The van der Waals surface area contributed by atoms with E-state index < -0.39 is 6.10 Å². The number of likely N-dealkylation sites (N-methyl/N-ethyl adjacent to an activating group) is 1. The normalized spacial score (nSPS) is 15.6. The average Bonchev–Trinajstić information content (AvgIpc) is 2.40. The summed E-state index contributed by atoms with van der Waals surface area (Å²) >= 11 is 0. The van der Waals surface area contributed by atoms with Crippen molar-refractivity contribution in [1.29, 1.82) is 0 Å². The Morgan fingerprint density at radius 1 is 1.42 bits per heavy atom. The van der Waals surface area contributed by atoms with Crippen LogP contribution < -0.4 is 10.1 Å². The monoisotopic (exact) mass is 261 g/mol. The summed E-state index contributed by atoms with van der Waals surface area (Å²) < 4.78 is 5.71. The molecule has 1 unspecified atom stereocenters. The fourth-order valence-electron chi connectivity index (χ4n) is 2.32. The molecule has 1 amide bonds. The first-order valence-electron chi connectivity index (χ1n) is 6.73. The van der Waals surface area contributed by atoms with Crippen molar-refractivity contribution in [2.45, 2.75) is 39.2 Å². The molecule has 0 radical (unpaired) electrons. The van der Waals surface area contributed by atoms with Gasteiger partial charge in [-0.05, 0) is 32.8 Å². The quantitative estimate of drug-likeness (QED) is 0.903. The highest BCUT2D eigenvalue weighted by Gasteiger charge is 2.22. The zero-order valence-corrected chi connectivity index (χ0v) is 11.4. The Hall–Kier alpha value is -1.84. The molecule has 0 fully saturated rings. The number of ether oxygens (including phenoxy) is 1. The van der Waals surface area contributed by atoms with Gasteiger partial charge in [0.05, 0.1) is 0 Å². The predicted octanol–water partition coefficient (Wildman–Crippen LogP) is 2.11. The summed E-state index contributed by atoms with van der Waals surface area (Å²) in [7, 11) is 0. The van der Waals surface area contributed by atoms with Crippen LogP contribution in [0.5, 0.6) is 5.75 Å². The van der Waals surface area contributed by atoms with Crippen LogP contribution in [0.25, 0.3) is 0 Å². The van der Waals surface area contributed by atoms with E-state index >= 15 is 0 Å². The summed E-state index contributed by atoms with van der Waals surface area (Å²) in [6.07, 6.45) is 1.73. The number of fused-ring (bicyclic) bond motifs is 1. The first kappa shape index (κ1) is 13.6. The molecule has 0 aromatic heterocycles. The van der Waals surface area contributed by atoms with Crippen LogP contribution >= 0.6 is 0 Å². The van der Waals surface area contributed by atoms with E-state index in [4.69, 9.17) is 4.74 Å². The summed E-state index contributed by atoms with van der Waals surface area (Å²) in [5, 5.41) is 2.72. The molecular weight excluding hydrogens is 242 g/mol. The summed E-state index contributed by atoms with van der Waals surface area (Å²) in [5.41, 5.74) is 1.68. The van der Waals surface area contributed by atoms with Gasteiger partial charge in [-0.1, -0.05) is 12.1 Å². The van der Waals surface area contributed by atoms with Gasteiger partial charge in [-0.25, -0.2) is 0 Å². The Labute approximate surface area is 113 Å². The largest absolute Gasteiger partial charge is 0.481 e. The van der Waals surface area contributed by atoms with Crippen LogP contribution in [0, 0.1) is 0 Å². The molecule has 1 aromatic carbocycles. The van der Waals surface area contributed by atoms with E-state index in [1.165, 1.54) is 0 Å². The highest BCUT2D eigenvalue weighted by atomic mass is 16.5. The summed E-state index contributed by atoms with van der Waals surface area (Å²) in [6, 6.07) is 5.47. The zero-order chi connectivity index (χ0) is 13.8. The molecule has 0 heterocycles. The number of ketones is 1. The molecule has 1 aliphatic carbocycles. The van der Waals surface area contributed by atoms with E-state index in [2.05, 4.69) is 5.32 Å². The smallest absolute Gasteiger partial charge is 0.260 e. The Morgan fingerprint density at radius 2 is 2.21 bits per heavy atom. The maximum atomic E-state index is 11.8. The number of carbonyl (C=O) groups excluding carboxylic acids is 2. The van der Waals surface area contributed by atoms with E-state index in [0.717, 1.165) is 24.0 Å². The van der Waals surface area contributed by atoms with Crippen LogP contribution in [0.1, 0.15) is 42.6 Å². The molecule has 1 N–H and O–H groups in total. The molecule has 1 aromatic rings. The number of hydrogen-bond acceptors (Lipinski definition) is 3. The molecule has 0 saturated heterocycles. The van der Waals surface area contributed by atoms with Gasteiger partial charge in [-0.3, -0.25) is 9.59 Å². The molecule has 102 valence electrons. The Morgan fingerprint density at radius 3 is 2.95 bits per heavy atom. The highest BCUT2D eigenvalue weighted by Crippen LogP contribution is 2.30. The van der Waals surface area contributed by atoms with Crippen molar-refractivity contribution in [3.63, 3.8) is 0 Å². The van der Waals surface area contributed by atoms with Crippen molar-refractivity contribution in [2.24, 2.45) is 0 Å². The topological polar surface area (TPSA) is 55.4 Å². The first-order valence-corrected chi connectivity index (χ1v) is 6.73. The summed E-state index contributed by atoms with van der Waals surface area (Å²) in [6.45, 7) is 4.17. The third-order valence-electron chi connectivity index (χ3n) is 3.29. The van der Waals surface area contributed by atoms with Gasteiger partial charge in [0, 0.05) is 24.1 Å². The van der Waals surface area contributed by atoms with Crippen molar-refractivity contribution in [3.05, 3.63) is 29.3 Å². The summed E-state index contributed by atoms with van der Waals surface area (Å²) in [4.78, 5) is 23.5. The van der Waals surface area contributed by atoms with Crippen LogP contribution in [-0.2, 0) is 11.2 Å². The van der Waals surface area contributed by atoms with Gasteiger partial charge in [0.25, 0.3) is 5.91 Å². The van der Waals surface area contributed by atoms with Gasteiger partial charge in [-0.15, -0.1) is 0 Å². The van der Waals surface area contributed by atoms with Gasteiger partial charge in [0.15, 0.2) is 11.9 Å². The first-order chi connectivity index (χ1) is 9.13. The molecule has 0 aliphatic heterocycles. The van der Waals surface area contributed by atoms with Crippen LogP contribution in [-0.4, -0.2) is 24.3 Å². The van der Waals surface area contributed by atoms with Gasteiger partial charge in [0.1, 0.15) is 5.75 Å². The molecule has 4 heteroatoms. The Balaban J connectivity index is 2.19. The maximum Gasteiger partial charge on any atom is 0.260 e. The second-order valence-electron chi connectivity index (χ2n) is 4.71. The van der Waals surface area contributed by atoms with E-state index in [1.54, 1.807) is 6.92 Å². The number of carbonyl (C=O) groups is 2. The maximum absolute atomic E-state index is 11.8. The minimum atomic E-state index is -0.552. The van der Waals surface area contributed by atoms with Crippen molar-refractivity contribution in [2.75, 3.05) is 6.54 Å². The second-order valence-corrected chi connectivity index (χ2v) is 4.71. The minimum absolute atomic E-state index is 0.137. The fourth-order valence-corrected chi connectivity index (χ4v) is 2.32. The number of nitrogens with one attached hydrogen (secondary N) is 1. The van der Waals surface area contributed by atoms with Crippen molar-refractivity contribution < 1.29 is 14.3 Å². The third kappa shape index (κ3) is 2.95. The SMILES string of the molecule is CCNC(=O)C(C)Oc1cccc2c1CCCC2=O. The summed E-state index contributed by atoms with van der Waals surface area (Å²) in [5.74, 6) is 0.684. The number of Topliss-reactive ketones (excluding diaryl/α,β-unsaturated/α-hetero) is 1. The molecule has 1 aliphatic rings. The van der Waals surface area contributed by atoms with Crippen LogP contribution in [0.4, 0.5) is 0 Å². The standard InChI is InChI=1S/C15H19NO3/c1-3-16-15(18)10(2)19-14-9-5-6-11-12(14)7-4-8-13(11)17/h5-6,9-10H,3-4,7-8H2,1-2H3,(H,16,18). The molecule has 0 saturated carbocycles. The van der Waals surface area contributed by atoms with E-state index in [9.17, 15) is 9.59 Å². The second kappa shape index (κ2) is 5.87. The Bertz CT molecular complexity index is 496. The molecule has 0 spiro atoms. The van der Waals surface area contributed by atoms with Gasteiger partial charge in [-0.2, -0.15) is 0 Å². The number of amides is 1. The van der Waals surface area contributed by atoms with Crippen molar-refractivity contribution >= 4 is 11.7 Å². The Kier molecular flexibility index (Phi) is 4.20. The van der Waals surface area contributed by atoms with Crippen molar-refractivity contribution in [3.8, 4) is 5.75 Å². The molecule has 0 bridgehead atoms. The van der Waals surface area contributed by atoms with Crippen LogP contribution in [0.15, 0.2) is 18.2 Å². The fraction of sp³-hybridized carbons (Fsp3) is 0.467. The van der Waals surface area contributed by atoms with E-state index in [1.807, 2.05) is 25.1 Å². The van der Waals surface area contributed by atoms with Crippen LogP contribution in [0.2, 0.25) is 0 Å². The molecular formula is C15H19NO3.